The number of ether oxygens (including phenoxy) is 1. The Morgan fingerprint density at radius 2 is 1.91 bits per heavy atom. The zero-order chi connectivity index (χ0) is 15.8. The minimum absolute atomic E-state index is 0.766. The number of allylic oxidation sites excluding steroid dienone is 1. The molecule has 1 aliphatic heterocycles. The lowest BCUT2D eigenvalue weighted by Crippen LogP contribution is -2.23. The number of aliphatic imine (C=N–C) groups is 1. The van der Waals surface area contributed by atoms with Crippen LogP contribution in [0.4, 0.5) is 0 Å². The summed E-state index contributed by atoms with van der Waals surface area (Å²) in [5.74, 6) is 1.82. The summed E-state index contributed by atoms with van der Waals surface area (Å²) in [6, 6.07) is 10.6. The molecule has 0 aromatic heterocycles. The van der Waals surface area contributed by atoms with E-state index in [1.807, 2.05) is 7.05 Å². The SMILES string of the molecule is CN=C(C)N(/C=C(\C)CC1CCOCC1)Cc1ccccc1. The van der Waals surface area contributed by atoms with Crippen molar-refractivity contribution in [2.24, 2.45) is 10.9 Å². The molecule has 1 fully saturated rings. The van der Waals surface area contributed by atoms with Crippen LogP contribution in [0.1, 0.15) is 38.7 Å². The Hall–Kier alpha value is -1.61. The standard InChI is InChI=1S/C19H28N2O/c1-16(13-18-9-11-22-12-10-18)14-21(17(2)20-3)15-19-7-5-4-6-8-19/h4-8,14,18H,9-13,15H2,1-3H3/b16-14+,20-17?. The Balaban J connectivity index is 2.03. The van der Waals surface area contributed by atoms with Crippen LogP contribution in [0.15, 0.2) is 47.1 Å². The van der Waals surface area contributed by atoms with Crippen molar-refractivity contribution in [3.05, 3.63) is 47.7 Å². The molecule has 0 unspecified atom stereocenters. The summed E-state index contributed by atoms with van der Waals surface area (Å²) < 4.78 is 5.45. The maximum atomic E-state index is 5.45. The van der Waals surface area contributed by atoms with Crippen LogP contribution >= 0.6 is 0 Å². The molecule has 3 nitrogen and oxygen atoms in total. The predicted octanol–water partition coefficient (Wildman–Crippen LogP) is 4.26. The van der Waals surface area contributed by atoms with Gasteiger partial charge in [-0.25, -0.2) is 0 Å². The Morgan fingerprint density at radius 1 is 1.23 bits per heavy atom. The van der Waals surface area contributed by atoms with E-state index in [1.54, 1.807) is 0 Å². The predicted molar refractivity (Wildman–Crippen MR) is 92.9 cm³/mol. The van der Waals surface area contributed by atoms with Crippen LogP contribution in [0.25, 0.3) is 0 Å². The summed E-state index contributed by atoms with van der Waals surface area (Å²) >= 11 is 0. The van der Waals surface area contributed by atoms with Crippen LogP contribution < -0.4 is 0 Å². The van der Waals surface area contributed by atoms with Crippen molar-refractivity contribution >= 4 is 5.84 Å². The van der Waals surface area contributed by atoms with Gasteiger partial charge in [0.05, 0.1) is 5.84 Å². The van der Waals surface area contributed by atoms with Crippen LogP contribution in [-0.2, 0) is 11.3 Å². The maximum absolute atomic E-state index is 5.45. The van der Waals surface area contributed by atoms with E-state index in [4.69, 9.17) is 4.74 Å². The zero-order valence-electron chi connectivity index (χ0n) is 14.1. The summed E-state index contributed by atoms with van der Waals surface area (Å²) in [4.78, 5) is 6.62. The van der Waals surface area contributed by atoms with E-state index in [2.05, 4.69) is 60.3 Å². The molecule has 0 atom stereocenters. The fraction of sp³-hybridized carbons (Fsp3) is 0.526. The molecule has 0 amide bonds. The Bertz CT molecular complexity index is 501. The van der Waals surface area contributed by atoms with Gasteiger partial charge in [0.25, 0.3) is 0 Å². The van der Waals surface area contributed by atoms with E-state index < -0.39 is 0 Å². The van der Waals surface area contributed by atoms with E-state index in [-0.39, 0.29) is 0 Å². The Morgan fingerprint density at radius 3 is 2.55 bits per heavy atom. The average molecular weight is 300 g/mol. The van der Waals surface area contributed by atoms with Crippen LogP contribution in [-0.4, -0.2) is 31.0 Å². The van der Waals surface area contributed by atoms with Crippen molar-refractivity contribution in [1.82, 2.24) is 4.90 Å². The molecule has 22 heavy (non-hydrogen) atoms. The van der Waals surface area contributed by atoms with Crippen molar-refractivity contribution < 1.29 is 4.74 Å². The molecule has 0 saturated carbocycles. The van der Waals surface area contributed by atoms with Gasteiger partial charge in [-0.1, -0.05) is 35.9 Å². The first-order valence-electron chi connectivity index (χ1n) is 8.18. The molecule has 0 N–H and O–H groups in total. The molecule has 0 bridgehead atoms. The van der Waals surface area contributed by atoms with Gasteiger partial charge in [-0.15, -0.1) is 0 Å². The lowest BCUT2D eigenvalue weighted by Gasteiger charge is -2.25. The van der Waals surface area contributed by atoms with Gasteiger partial charge in [0, 0.05) is 33.0 Å². The number of benzene rings is 1. The molecule has 1 aliphatic rings. The number of amidine groups is 1. The van der Waals surface area contributed by atoms with Crippen molar-refractivity contribution in [2.45, 2.75) is 39.7 Å². The number of rotatable bonds is 5. The van der Waals surface area contributed by atoms with Gasteiger partial charge in [0.1, 0.15) is 0 Å². The highest BCUT2D eigenvalue weighted by atomic mass is 16.5. The molecule has 3 heteroatoms. The molecule has 1 saturated heterocycles. The summed E-state index contributed by atoms with van der Waals surface area (Å²) in [6.45, 7) is 7.01. The van der Waals surface area contributed by atoms with Gasteiger partial charge in [-0.2, -0.15) is 0 Å². The Kier molecular flexibility index (Phi) is 6.66. The fourth-order valence-electron chi connectivity index (χ4n) is 2.89. The van der Waals surface area contributed by atoms with Gasteiger partial charge in [0.15, 0.2) is 0 Å². The second kappa shape index (κ2) is 8.74. The van der Waals surface area contributed by atoms with Crippen molar-refractivity contribution in [3.8, 4) is 0 Å². The normalized spacial score (nSPS) is 17.6. The topological polar surface area (TPSA) is 24.8 Å². The molecule has 1 aromatic rings. The van der Waals surface area contributed by atoms with E-state index in [9.17, 15) is 0 Å². The smallest absolute Gasteiger partial charge is 0.0996 e. The van der Waals surface area contributed by atoms with E-state index in [1.165, 1.54) is 24.0 Å². The molecular weight excluding hydrogens is 272 g/mol. The van der Waals surface area contributed by atoms with E-state index in [0.717, 1.165) is 37.9 Å². The molecule has 2 rings (SSSR count). The third-order valence-corrected chi connectivity index (χ3v) is 4.26. The minimum atomic E-state index is 0.766. The quantitative estimate of drug-likeness (QED) is 0.599. The first kappa shape index (κ1) is 16.8. The molecule has 1 aromatic carbocycles. The molecule has 120 valence electrons. The highest BCUT2D eigenvalue weighted by Crippen LogP contribution is 2.23. The number of hydrogen-bond donors (Lipinski definition) is 0. The van der Waals surface area contributed by atoms with Gasteiger partial charge in [-0.3, -0.25) is 4.99 Å². The summed E-state index contributed by atoms with van der Waals surface area (Å²) in [5, 5.41) is 0. The van der Waals surface area contributed by atoms with E-state index >= 15 is 0 Å². The van der Waals surface area contributed by atoms with Gasteiger partial charge in [-0.05, 0) is 44.6 Å². The summed E-state index contributed by atoms with van der Waals surface area (Å²) in [5.41, 5.74) is 2.73. The van der Waals surface area contributed by atoms with Crippen molar-refractivity contribution in [2.75, 3.05) is 20.3 Å². The number of hydrogen-bond acceptors (Lipinski definition) is 2. The fourth-order valence-corrected chi connectivity index (χ4v) is 2.89. The molecule has 0 radical (unpaired) electrons. The molecule has 1 heterocycles. The van der Waals surface area contributed by atoms with E-state index in [0.29, 0.717) is 0 Å². The molecule has 0 spiro atoms. The van der Waals surface area contributed by atoms with Crippen LogP contribution in [0.3, 0.4) is 0 Å². The largest absolute Gasteiger partial charge is 0.381 e. The highest BCUT2D eigenvalue weighted by molar-refractivity contribution is 5.80. The first-order chi connectivity index (χ1) is 10.7. The third kappa shape index (κ3) is 5.30. The van der Waals surface area contributed by atoms with Crippen LogP contribution in [0.5, 0.6) is 0 Å². The second-order valence-electron chi connectivity index (χ2n) is 6.12. The minimum Gasteiger partial charge on any atom is -0.381 e. The molecular formula is C19H28N2O. The van der Waals surface area contributed by atoms with Crippen LogP contribution in [0, 0.1) is 5.92 Å². The Labute approximate surface area is 134 Å². The van der Waals surface area contributed by atoms with Gasteiger partial charge >= 0.3 is 0 Å². The number of nitrogens with zero attached hydrogens (tertiary/aromatic N) is 2. The lowest BCUT2D eigenvalue weighted by molar-refractivity contribution is 0.0664. The zero-order valence-corrected chi connectivity index (χ0v) is 14.1. The van der Waals surface area contributed by atoms with Gasteiger partial charge < -0.3 is 9.64 Å². The van der Waals surface area contributed by atoms with Gasteiger partial charge in [0.2, 0.25) is 0 Å². The summed E-state index contributed by atoms with van der Waals surface area (Å²) in [7, 11) is 1.86. The lowest BCUT2D eigenvalue weighted by atomic mass is 9.93. The third-order valence-electron chi connectivity index (χ3n) is 4.26. The monoisotopic (exact) mass is 300 g/mol. The highest BCUT2D eigenvalue weighted by Gasteiger charge is 2.14. The second-order valence-corrected chi connectivity index (χ2v) is 6.12. The first-order valence-corrected chi connectivity index (χ1v) is 8.18. The van der Waals surface area contributed by atoms with Crippen molar-refractivity contribution in [1.29, 1.82) is 0 Å². The maximum Gasteiger partial charge on any atom is 0.0996 e. The van der Waals surface area contributed by atoms with Crippen LogP contribution in [0.2, 0.25) is 0 Å². The summed E-state index contributed by atoms with van der Waals surface area (Å²) in [6.07, 6.45) is 5.80. The average Bonchev–Trinajstić information content (AvgIpc) is 2.55. The molecule has 0 aliphatic carbocycles. The van der Waals surface area contributed by atoms with Crippen molar-refractivity contribution in [3.63, 3.8) is 0 Å².